The van der Waals surface area contributed by atoms with Gasteiger partial charge >= 0.3 is 0 Å². The van der Waals surface area contributed by atoms with Crippen molar-refractivity contribution >= 4 is 23.4 Å². The van der Waals surface area contributed by atoms with Crippen LogP contribution in [0.1, 0.15) is 18.9 Å². The van der Waals surface area contributed by atoms with E-state index in [1.165, 1.54) is 15.4 Å². The SMILES string of the molecule is CCCNC(=O)CNC(=O)C[NH+]1CC[NH+](Cc2cccc(Cl)c2)CC1. The predicted molar refractivity (Wildman–Crippen MR) is 97.7 cm³/mol. The van der Waals surface area contributed by atoms with Crippen LogP contribution < -0.4 is 20.4 Å². The molecule has 138 valence electrons. The van der Waals surface area contributed by atoms with E-state index < -0.39 is 0 Å². The molecule has 1 heterocycles. The van der Waals surface area contributed by atoms with Gasteiger partial charge in [0.05, 0.1) is 6.54 Å². The highest BCUT2D eigenvalue weighted by molar-refractivity contribution is 6.30. The lowest BCUT2D eigenvalue weighted by Gasteiger charge is -2.29. The first-order valence-corrected chi connectivity index (χ1v) is 9.39. The van der Waals surface area contributed by atoms with Crippen molar-refractivity contribution < 1.29 is 19.4 Å². The molecular formula is C18H29ClN4O2+2. The number of carbonyl (C=O) groups excluding carboxylic acids is 2. The number of nitrogens with one attached hydrogen (secondary N) is 4. The van der Waals surface area contributed by atoms with Crippen molar-refractivity contribution in [3.63, 3.8) is 0 Å². The second-order valence-corrected chi connectivity index (χ2v) is 7.05. The van der Waals surface area contributed by atoms with Crippen LogP contribution in [-0.2, 0) is 16.1 Å². The molecule has 0 aromatic heterocycles. The minimum absolute atomic E-state index is 0.0556. The van der Waals surface area contributed by atoms with Crippen molar-refractivity contribution in [3.8, 4) is 0 Å². The van der Waals surface area contributed by atoms with E-state index >= 15 is 0 Å². The van der Waals surface area contributed by atoms with Gasteiger partial charge in [-0.15, -0.1) is 0 Å². The molecule has 0 spiro atoms. The molecule has 1 aromatic carbocycles. The van der Waals surface area contributed by atoms with Crippen molar-refractivity contribution in [2.75, 3.05) is 45.8 Å². The summed E-state index contributed by atoms with van der Waals surface area (Å²) in [6, 6.07) is 8.00. The minimum atomic E-state index is -0.124. The molecule has 0 atom stereocenters. The second-order valence-electron chi connectivity index (χ2n) is 6.61. The molecule has 6 nitrogen and oxygen atoms in total. The van der Waals surface area contributed by atoms with Crippen LogP contribution in [0.15, 0.2) is 24.3 Å². The van der Waals surface area contributed by atoms with Crippen molar-refractivity contribution in [3.05, 3.63) is 34.9 Å². The first kappa shape index (κ1) is 19.7. The zero-order valence-electron chi connectivity index (χ0n) is 14.9. The van der Waals surface area contributed by atoms with E-state index in [2.05, 4.69) is 16.7 Å². The van der Waals surface area contributed by atoms with Gasteiger partial charge in [0, 0.05) is 17.1 Å². The van der Waals surface area contributed by atoms with Crippen LogP contribution in [0.5, 0.6) is 0 Å². The molecule has 2 rings (SSSR count). The summed E-state index contributed by atoms with van der Waals surface area (Å²) in [4.78, 5) is 26.3. The molecule has 0 radical (unpaired) electrons. The molecule has 0 saturated carbocycles. The summed E-state index contributed by atoms with van der Waals surface area (Å²) in [6.45, 7) is 8.11. The number of carbonyl (C=O) groups is 2. The van der Waals surface area contributed by atoms with Gasteiger partial charge in [0.1, 0.15) is 32.7 Å². The van der Waals surface area contributed by atoms with Crippen molar-refractivity contribution in [2.24, 2.45) is 0 Å². The van der Waals surface area contributed by atoms with E-state index in [0.717, 1.165) is 44.2 Å². The molecule has 0 aliphatic carbocycles. The smallest absolute Gasteiger partial charge is 0.275 e. The number of quaternary nitrogens is 2. The quantitative estimate of drug-likeness (QED) is 0.440. The molecular weight excluding hydrogens is 340 g/mol. The number of amides is 2. The van der Waals surface area contributed by atoms with Gasteiger partial charge in [-0.2, -0.15) is 0 Å². The van der Waals surface area contributed by atoms with E-state index in [1.807, 2.05) is 25.1 Å². The third-order valence-corrected chi connectivity index (χ3v) is 4.67. The van der Waals surface area contributed by atoms with Crippen molar-refractivity contribution in [2.45, 2.75) is 19.9 Å². The molecule has 0 unspecified atom stereocenters. The molecule has 25 heavy (non-hydrogen) atoms. The molecule has 1 aliphatic heterocycles. The Morgan fingerprint density at radius 2 is 1.80 bits per heavy atom. The zero-order valence-corrected chi connectivity index (χ0v) is 15.6. The summed E-state index contributed by atoms with van der Waals surface area (Å²) in [5.41, 5.74) is 1.25. The second kappa shape index (κ2) is 10.4. The molecule has 2 amide bonds. The van der Waals surface area contributed by atoms with Crippen molar-refractivity contribution in [1.82, 2.24) is 10.6 Å². The maximum absolute atomic E-state index is 12.0. The van der Waals surface area contributed by atoms with Crippen LogP contribution in [-0.4, -0.2) is 57.6 Å². The molecule has 4 N–H and O–H groups in total. The highest BCUT2D eigenvalue weighted by Gasteiger charge is 2.24. The molecule has 1 saturated heterocycles. The number of halogens is 1. The maximum atomic E-state index is 12.0. The van der Waals surface area contributed by atoms with Gasteiger partial charge in [-0.25, -0.2) is 0 Å². The number of piperazine rings is 1. The summed E-state index contributed by atoms with van der Waals surface area (Å²) >= 11 is 6.04. The van der Waals surface area contributed by atoms with E-state index in [0.29, 0.717) is 13.1 Å². The van der Waals surface area contributed by atoms with Gasteiger partial charge in [-0.05, 0) is 18.6 Å². The lowest BCUT2D eigenvalue weighted by atomic mass is 10.2. The highest BCUT2D eigenvalue weighted by Crippen LogP contribution is 2.09. The Hall–Kier alpha value is -1.63. The minimum Gasteiger partial charge on any atom is -0.355 e. The fraction of sp³-hybridized carbons (Fsp3) is 0.556. The van der Waals surface area contributed by atoms with Crippen LogP contribution in [0.25, 0.3) is 0 Å². The van der Waals surface area contributed by atoms with E-state index in [9.17, 15) is 9.59 Å². The van der Waals surface area contributed by atoms with Gasteiger partial charge in [0.25, 0.3) is 5.91 Å². The number of rotatable bonds is 8. The molecule has 7 heteroatoms. The average molecular weight is 369 g/mol. The van der Waals surface area contributed by atoms with Gasteiger partial charge in [0.2, 0.25) is 5.91 Å². The Labute approximate surface area is 154 Å². The van der Waals surface area contributed by atoms with Crippen LogP contribution in [0, 0.1) is 0 Å². The Morgan fingerprint density at radius 1 is 1.08 bits per heavy atom. The lowest BCUT2D eigenvalue weighted by molar-refractivity contribution is -1.02. The maximum Gasteiger partial charge on any atom is 0.275 e. The van der Waals surface area contributed by atoms with E-state index in [1.54, 1.807) is 0 Å². The topological polar surface area (TPSA) is 67.1 Å². The normalized spacial score (nSPS) is 20.1. The number of hydrogen-bond acceptors (Lipinski definition) is 2. The Balaban J connectivity index is 1.64. The Kier molecular flexibility index (Phi) is 8.18. The first-order chi connectivity index (χ1) is 12.1. The molecule has 1 aliphatic rings. The van der Waals surface area contributed by atoms with Gasteiger partial charge < -0.3 is 20.4 Å². The van der Waals surface area contributed by atoms with Gasteiger partial charge in [-0.1, -0.05) is 30.7 Å². The standard InChI is InChI=1S/C18H27ClN4O2/c1-2-6-20-17(24)12-21-18(25)14-23-9-7-22(8-10-23)13-15-4-3-5-16(19)11-15/h3-5,11H,2,6-10,12-14H2,1H3,(H,20,24)(H,21,25)/p+2. The van der Waals surface area contributed by atoms with Gasteiger partial charge in [0.15, 0.2) is 6.54 Å². The lowest BCUT2D eigenvalue weighted by Crippen LogP contribution is -3.28. The number of benzene rings is 1. The van der Waals surface area contributed by atoms with Crippen LogP contribution in [0.2, 0.25) is 5.02 Å². The Morgan fingerprint density at radius 3 is 2.48 bits per heavy atom. The van der Waals surface area contributed by atoms with Crippen LogP contribution in [0.4, 0.5) is 0 Å². The summed E-state index contributed by atoms with van der Waals surface area (Å²) in [6.07, 6.45) is 0.894. The summed E-state index contributed by atoms with van der Waals surface area (Å²) in [5, 5.41) is 6.23. The van der Waals surface area contributed by atoms with E-state index in [-0.39, 0.29) is 18.4 Å². The van der Waals surface area contributed by atoms with Crippen molar-refractivity contribution in [1.29, 1.82) is 0 Å². The summed E-state index contributed by atoms with van der Waals surface area (Å²) in [5.74, 6) is -0.180. The monoisotopic (exact) mass is 368 g/mol. The molecule has 1 aromatic rings. The predicted octanol–water partition coefficient (Wildman–Crippen LogP) is -1.73. The van der Waals surface area contributed by atoms with E-state index in [4.69, 9.17) is 11.6 Å². The third-order valence-electron chi connectivity index (χ3n) is 4.44. The summed E-state index contributed by atoms with van der Waals surface area (Å²) in [7, 11) is 0. The fourth-order valence-corrected chi connectivity index (χ4v) is 3.25. The third kappa shape index (κ3) is 7.42. The van der Waals surface area contributed by atoms with Gasteiger partial charge in [-0.3, -0.25) is 9.59 Å². The highest BCUT2D eigenvalue weighted by atomic mass is 35.5. The Bertz CT molecular complexity index is 574. The number of hydrogen-bond donors (Lipinski definition) is 4. The average Bonchev–Trinajstić information content (AvgIpc) is 2.60. The zero-order chi connectivity index (χ0) is 18.1. The summed E-state index contributed by atoms with van der Waals surface area (Å²) < 4.78 is 0. The largest absolute Gasteiger partial charge is 0.355 e. The van der Waals surface area contributed by atoms with Crippen LogP contribution >= 0.6 is 11.6 Å². The first-order valence-electron chi connectivity index (χ1n) is 9.01. The van der Waals surface area contributed by atoms with Crippen LogP contribution in [0.3, 0.4) is 0 Å². The fourth-order valence-electron chi connectivity index (χ4n) is 3.04. The molecule has 1 fully saturated rings. The molecule has 0 bridgehead atoms.